The molecular weight excluding hydrogens is 324 g/mol. The van der Waals surface area contributed by atoms with Gasteiger partial charge in [-0.1, -0.05) is 51.3 Å². The summed E-state index contributed by atoms with van der Waals surface area (Å²) in [6.45, 7) is 12.8. The molecule has 0 aliphatic heterocycles. The number of rotatable bonds is 8. The first-order valence-corrected chi connectivity index (χ1v) is 10.2. The normalized spacial score (nSPS) is 10.4. The predicted molar refractivity (Wildman–Crippen MR) is 112 cm³/mol. The number of hydrogen-bond donors (Lipinski definition) is 0. The zero-order chi connectivity index (χ0) is 18.4. The summed E-state index contributed by atoms with van der Waals surface area (Å²) < 4.78 is 11.4. The highest BCUT2D eigenvalue weighted by Gasteiger charge is 2.18. The van der Waals surface area contributed by atoms with E-state index in [9.17, 15) is 0 Å². The lowest BCUT2D eigenvalue weighted by atomic mass is 10.0. The average molecular weight is 353 g/mol. The molecule has 0 bridgehead atoms. The Bertz CT molecular complexity index is 712. The van der Waals surface area contributed by atoms with Crippen LogP contribution in [0.2, 0.25) is 0 Å². The van der Waals surface area contributed by atoms with E-state index in [2.05, 4.69) is 39.1 Å². The third-order valence-electron chi connectivity index (χ3n) is 4.67. The number of benzene rings is 2. The largest absolute Gasteiger partial charge is 0.497 e. The van der Waals surface area contributed by atoms with Gasteiger partial charge in [0.05, 0.1) is 23.7 Å². The molecule has 2 nitrogen and oxygen atoms in total. The Morgan fingerprint density at radius 2 is 1.20 bits per heavy atom. The molecule has 0 heterocycles. The van der Waals surface area contributed by atoms with Crippen molar-refractivity contribution in [1.29, 1.82) is 0 Å². The number of methoxy groups -OCH3 is 2. The molecular formula is C22H28O2Si. The maximum absolute atomic E-state index is 5.68. The smallest absolute Gasteiger partial charge is 0.118 e. The molecule has 0 aliphatic carbocycles. The van der Waals surface area contributed by atoms with Gasteiger partial charge in [-0.3, -0.25) is 0 Å². The fourth-order valence-corrected chi connectivity index (χ4v) is 5.44. The van der Waals surface area contributed by atoms with E-state index in [1.807, 2.05) is 24.3 Å². The van der Waals surface area contributed by atoms with Crippen LogP contribution in [0.1, 0.15) is 37.8 Å². The molecule has 0 N–H and O–H groups in total. The van der Waals surface area contributed by atoms with Gasteiger partial charge in [0.25, 0.3) is 0 Å². The van der Waals surface area contributed by atoms with E-state index >= 15 is 0 Å². The van der Waals surface area contributed by atoms with Crippen LogP contribution in [0.25, 0.3) is 11.1 Å². The van der Waals surface area contributed by atoms with Crippen molar-refractivity contribution in [3.8, 4) is 11.5 Å². The molecule has 3 heteroatoms. The minimum absolute atomic E-state index is 0.848. The minimum Gasteiger partial charge on any atom is -0.497 e. The summed E-state index contributed by atoms with van der Waals surface area (Å²) in [6.07, 6.45) is 1.85. The average Bonchev–Trinajstić information content (AvgIpc) is 2.66. The van der Waals surface area contributed by atoms with Crippen molar-refractivity contribution in [3.63, 3.8) is 0 Å². The molecule has 0 aliphatic rings. The van der Waals surface area contributed by atoms with Gasteiger partial charge in [-0.25, -0.2) is 0 Å². The number of ether oxygens (including phenoxy) is 2. The van der Waals surface area contributed by atoms with Crippen LogP contribution in [0.15, 0.2) is 49.6 Å². The van der Waals surface area contributed by atoms with Crippen molar-refractivity contribution in [2.45, 2.75) is 26.7 Å². The van der Waals surface area contributed by atoms with Crippen LogP contribution in [0, 0.1) is 0 Å². The molecule has 0 aromatic heterocycles. The Kier molecular flexibility index (Phi) is 6.65. The quantitative estimate of drug-likeness (QED) is 0.675. The fourth-order valence-electron chi connectivity index (χ4n) is 3.10. The Balaban J connectivity index is 2.64. The summed E-state index contributed by atoms with van der Waals surface area (Å²) in [5, 5.41) is 2.57. The van der Waals surface area contributed by atoms with Gasteiger partial charge >= 0.3 is 0 Å². The second kappa shape index (κ2) is 8.72. The molecule has 0 unspecified atom stereocenters. The third kappa shape index (κ3) is 4.05. The van der Waals surface area contributed by atoms with Crippen molar-refractivity contribution >= 4 is 31.0 Å². The molecule has 0 fully saturated rings. The van der Waals surface area contributed by atoms with Gasteiger partial charge in [-0.15, -0.1) is 0 Å². The number of hydrogen-bond acceptors (Lipinski definition) is 2. The van der Waals surface area contributed by atoms with E-state index in [-0.39, 0.29) is 0 Å². The van der Waals surface area contributed by atoms with Gasteiger partial charge in [-0.2, -0.15) is 0 Å². The van der Waals surface area contributed by atoms with Crippen LogP contribution < -0.4 is 19.8 Å². The second-order valence-electron chi connectivity index (χ2n) is 6.06. The van der Waals surface area contributed by atoms with Crippen LogP contribution in [0.3, 0.4) is 0 Å². The van der Waals surface area contributed by atoms with Gasteiger partial charge in [0.1, 0.15) is 11.5 Å². The van der Waals surface area contributed by atoms with E-state index in [0.29, 0.717) is 0 Å². The molecule has 0 spiro atoms. The van der Waals surface area contributed by atoms with Crippen LogP contribution in [0.5, 0.6) is 11.5 Å². The highest BCUT2D eigenvalue weighted by Crippen LogP contribution is 2.22. The maximum atomic E-state index is 5.68. The summed E-state index contributed by atoms with van der Waals surface area (Å²) in [7, 11) is 2.62. The third-order valence-corrected chi connectivity index (χ3v) is 6.84. The first-order valence-electron chi connectivity index (χ1n) is 8.75. The zero-order valence-electron chi connectivity index (χ0n) is 15.8. The molecule has 2 rings (SSSR count). The van der Waals surface area contributed by atoms with E-state index in [1.54, 1.807) is 14.2 Å². The van der Waals surface area contributed by atoms with Crippen LogP contribution in [-0.4, -0.2) is 23.7 Å². The first kappa shape index (κ1) is 19.1. The van der Waals surface area contributed by atoms with Crippen molar-refractivity contribution in [2.75, 3.05) is 14.2 Å². The summed E-state index contributed by atoms with van der Waals surface area (Å²) in [5.74, 6) is 1.88. The lowest BCUT2D eigenvalue weighted by molar-refractivity contribution is 0.417. The monoisotopic (exact) mass is 352 g/mol. The van der Waals surface area contributed by atoms with Gasteiger partial charge in [0.2, 0.25) is 0 Å². The lowest BCUT2D eigenvalue weighted by Gasteiger charge is -2.19. The fraction of sp³-hybridized carbons (Fsp3) is 0.273. The standard InChI is InChI=1S/C22H28O2Si/c1-7-15(3)17-11-9-13-19(23-5)21(17)25-22-18(16(4)8-2)12-10-14-20(22)24-6/h9-14H,3-4,7-8,25H2,1-2,5-6H3. The van der Waals surface area contributed by atoms with E-state index in [0.717, 1.165) is 35.5 Å². The number of allylic oxidation sites excluding steroid dienone is 2. The Hall–Kier alpha value is -2.26. The SMILES string of the molecule is C=C(CC)c1cccc(OC)c1[SiH2]c1c(OC)cccc1C(=C)CC. The van der Waals surface area contributed by atoms with Gasteiger partial charge in [-0.05, 0) is 57.6 Å². The lowest BCUT2D eigenvalue weighted by Crippen LogP contribution is -2.34. The highest BCUT2D eigenvalue weighted by atomic mass is 28.2. The van der Waals surface area contributed by atoms with Gasteiger partial charge in [0.15, 0.2) is 0 Å². The van der Waals surface area contributed by atoms with Gasteiger partial charge in [0, 0.05) is 0 Å². The molecule has 25 heavy (non-hydrogen) atoms. The molecule has 0 amide bonds. The van der Waals surface area contributed by atoms with Crippen LogP contribution >= 0.6 is 0 Å². The molecule has 0 saturated carbocycles. The molecule has 0 radical (unpaired) electrons. The Morgan fingerprint density at radius 3 is 1.52 bits per heavy atom. The van der Waals surface area contributed by atoms with Crippen LogP contribution in [0.4, 0.5) is 0 Å². The first-order chi connectivity index (χ1) is 12.1. The Morgan fingerprint density at radius 1 is 0.800 bits per heavy atom. The van der Waals surface area contributed by atoms with Gasteiger partial charge < -0.3 is 9.47 Å². The van der Waals surface area contributed by atoms with E-state index in [4.69, 9.17) is 9.47 Å². The highest BCUT2D eigenvalue weighted by molar-refractivity contribution is 6.70. The molecule has 132 valence electrons. The molecule has 0 atom stereocenters. The minimum atomic E-state index is -0.848. The van der Waals surface area contributed by atoms with Crippen molar-refractivity contribution in [1.82, 2.24) is 0 Å². The predicted octanol–water partition coefficient (Wildman–Crippen LogP) is 3.67. The van der Waals surface area contributed by atoms with E-state index in [1.165, 1.54) is 21.5 Å². The maximum Gasteiger partial charge on any atom is 0.118 e. The summed E-state index contributed by atoms with van der Waals surface area (Å²) in [4.78, 5) is 0. The summed E-state index contributed by atoms with van der Waals surface area (Å²) >= 11 is 0. The Labute approximate surface area is 154 Å². The molecule has 2 aromatic carbocycles. The summed E-state index contributed by atoms with van der Waals surface area (Å²) in [6, 6.07) is 12.5. The van der Waals surface area contributed by atoms with Crippen molar-refractivity contribution < 1.29 is 9.47 Å². The van der Waals surface area contributed by atoms with E-state index < -0.39 is 9.52 Å². The van der Waals surface area contributed by atoms with Crippen molar-refractivity contribution in [2.24, 2.45) is 0 Å². The van der Waals surface area contributed by atoms with Crippen molar-refractivity contribution in [3.05, 3.63) is 60.7 Å². The van der Waals surface area contributed by atoms with Crippen LogP contribution in [-0.2, 0) is 0 Å². The second-order valence-corrected chi connectivity index (χ2v) is 7.83. The molecule has 2 aromatic rings. The molecule has 0 saturated heterocycles. The topological polar surface area (TPSA) is 18.5 Å². The summed E-state index contributed by atoms with van der Waals surface area (Å²) in [5.41, 5.74) is 4.72. The zero-order valence-corrected chi connectivity index (χ0v) is 17.2.